The number of aliphatic hydroxyl groups is 1. The van der Waals surface area contributed by atoms with Crippen molar-refractivity contribution in [2.24, 2.45) is 0 Å². The summed E-state index contributed by atoms with van der Waals surface area (Å²) in [5.74, 6) is 0. The highest BCUT2D eigenvalue weighted by Gasteiger charge is 2.39. The summed E-state index contributed by atoms with van der Waals surface area (Å²) < 4.78 is 145. The number of hydrogen-bond acceptors (Lipinski definition) is 27. The van der Waals surface area contributed by atoms with Gasteiger partial charge >= 0.3 is 8.56 Å². The zero-order chi connectivity index (χ0) is 63.9. The summed E-state index contributed by atoms with van der Waals surface area (Å²) in [5, 5.41) is 8.62. The fourth-order valence-electron chi connectivity index (χ4n) is 7.14. The van der Waals surface area contributed by atoms with Crippen molar-refractivity contribution in [3.8, 4) is 0 Å². The predicted molar refractivity (Wildman–Crippen MR) is 337 cm³/mol. The lowest BCUT2D eigenvalue weighted by molar-refractivity contribution is -0.0320. The molecule has 0 aromatic carbocycles. The molecule has 30 heteroatoms. The summed E-state index contributed by atoms with van der Waals surface area (Å²) in [5.41, 5.74) is 0. The maximum atomic E-state index is 8.62. The van der Waals surface area contributed by atoms with Crippen LogP contribution in [0.5, 0.6) is 0 Å². The summed E-state index contributed by atoms with van der Waals surface area (Å²) in [6.07, 6.45) is 0.932. The molecule has 0 rings (SSSR count). The molecule has 0 atom stereocenters. The lowest BCUT2D eigenvalue weighted by Crippen LogP contribution is -2.52. The van der Waals surface area contributed by atoms with Gasteiger partial charge in [0.2, 0.25) is 0 Å². The normalized spacial score (nSPS) is 12.4. The molecule has 0 spiro atoms. The number of aliphatic hydroxyl groups excluding tert-OH is 1. The zero-order valence-corrected chi connectivity index (χ0v) is 58.6. The van der Waals surface area contributed by atoms with Crippen molar-refractivity contribution >= 4 is 25.2 Å². The third kappa shape index (κ3) is 78.0. The molecule has 0 saturated heterocycles. The number of ether oxygens (including phenoxy) is 24. The second-order valence-electron chi connectivity index (χ2n) is 21.1. The highest BCUT2D eigenvalue weighted by atomic mass is 28.5. The molecule has 0 radical (unpaired) electrons. The molecule has 0 aliphatic heterocycles. The summed E-state index contributed by atoms with van der Waals surface area (Å²) in [4.78, 5) is 0. The highest BCUT2D eigenvalue weighted by molar-refractivity contribution is 6.87. The van der Waals surface area contributed by atoms with Crippen molar-refractivity contribution in [3.63, 3.8) is 0 Å². The average Bonchev–Trinajstić information content (AvgIpc) is 3.66. The van der Waals surface area contributed by atoms with Crippen LogP contribution in [0.2, 0.25) is 51.9 Å². The molecule has 1 N–H and O–H groups in total. The highest BCUT2D eigenvalue weighted by Crippen LogP contribution is 2.25. The van der Waals surface area contributed by atoms with Crippen LogP contribution in [0.1, 0.15) is 6.42 Å². The Labute approximate surface area is 532 Å². The fraction of sp³-hybridized carbons (Fsp3) is 1.00. The Morgan fingerprint density at radius 1 is 0.170 bits per heavy atom. The van der Waals surface area contributed by atoms with Crippen molar-refractivity contribution in [1.82, 2.24) is 0 Å². The molecule has 530 valence electrons. The van der Waals surface area contributed by atoms with E-state index >= 15 is 0 Å². The van der Waals surface area contributed by atoms with Crippen molar-refractivity contribution in [2.75, 3.05) is 324 Å². The van der Waals surface area contributed by atoms with Crippen LogP contribution in [0.3, 0.4) is 0 Å². The van der Waals surface area contributed by atoms with Crippen molar-refractivity contribution in [1.29, 1.82) is 0 Å². The van der Waals surface area contributed by atoms with Crippen molar-refractivity contribution < 1.29 is 127 Å². The monoisotopic (exact) mass is 1340 g/mol. The molecule has 0 fully saturated rings. The van der Waals surface area contributed by atoms with Gasteiger partial charge in [-0.2, -0.15) is 0 Å². The number of hydrogen-bond donors (Lipinski definition) is 1. The van der Waals surface area contributed by atoms with Gasteiger partial charge in [0, 0.05) is 6.61 Å². The Kier molecular flexibility index (Phi) is 70.5. The maximum absolute atomic E-state index is 8.62. The van der Waals surface area contributed by atoms with E-state index in [1.54, 1.807) is 0 Å². The summed E-state index contributed by atoms with van der Waals surface area (Å²) in [6, 6.07) is 0.947. The third-order valence-electron chi connectivity index (χ3n) is 10.8. The van der Waals surface area contributed by atoms with Gasteiger partial charge in [-0.15, -0.1) is 0 Å². The Morgan fingerprint density at radius 3 is 0.398 bits per heavy atom. The smallest absolute Gasteiger partial charge is 0.314 e. The lowest BCUT2D eigenvalue weighted by Gasteiger charge is -2.38. The maximum Gasteiger partial charge on any atom is 0.314 e. The first-order chi connectivity index (χ1) is 43.0. The van der Waals surface area contributed by atoms with Crippen LogP contribution in [-0.4, -0.2) is 354 Å². The standard InChI is InChI=1S/C58H124O27Si3/c1-86(2,3)84-88(7,85-87(4,5)6)58-8-10-60-12-14-62-16-18-64-20-22-66-24-26-68-28-30-70-32-34-72-36-38-74-40-42-76-44-46-78-48-50-80-52-54-82-56-57-83-55-53-81-51-49-79-47-45-77-43-41-75-39-37-73-35-33-71-31-29-69-27-25-67-23-21-65-19-17-63-15-13-61-11-9-59/h59H,8-58H2,1-7H3. The molecule has 0 bridgehead atoms. The van der Waals surface area contributed by atoms with Gasteiger partial charge in [0.15, 0.2) is 16.6 Å². The molecule has 0 aliphatic carbocycles. The second kappa shape index (κ2) is 70.9. The molecule has 27 nitrogen and oxygen atoms in total. The van der Waals surface area contributed by atoms with E-state index in [2.05, 4.69) is 45.8 Å². The summed E-state index contributed by atoms with van der Waals surface area (Å²) in [6.45, 7) is 39.3. The van der Waals surface area contributed by atoms with E-state index in [9.17, 15) is 0 Å². The van der Waals surface area contributed by atoms with E-state index in [0.29, 0.717) is 317 Å². The first-order valence-corrected chi connectivity index (χ1v) is 41.2. The molecular formula is C58H124O27Si3. The van der Waals surface area contributed by atoms with Gasteiger partial charge in [-0.25, -0.2) is 0 Å². The average molecular weight is 1340 g/mol. The quantitative estimate of drug-likeness (QED) is 0.0674. The van der Waals surface area contributed by atoms with E-state index in [1.807, 2.05) is 0 Å². The molecule has 0 aromatic heterocycles. The van der Waals surface area contributed by atoms with Crippen LogP contribution in [-0.2, 0) is 122 Å². The van der Waals surface area contributed by atoms with Gasteiger partial charge in [-0.1, -0.05) is 0 Å². The van der Waals surface area contributed by atoms with Crippen LogP contribution >= 0.6 is 0 Å². The SMILES string of the molecule is C[Si](C)(C)O[Si](C)(CCCOCCOCCOCCOCCOCCOCCOCCOCCOCCOCCOCCOCCOCCOCCOCCOCCOCCOCCOCCOCCOCCOCCOCCOCCO)O[Si](C)(C)C. The van der Waals surface area contributed by atoms with Crippen LogP contribution in [0.4, 0.5) is 0 Å². The molecule has 0 unspecified atom stereocenters. The number of rotatable bonds is 79. The Hall–Kier alpha value is -0.429. The van der Waals surface area contributed by atoms with Gasteiger partial charge < -0.3 is 127 Å². The third-order valence-corrected chi connectivity index (χ3v) is 20.4. The Balaban J connectivity index is 3.16. The van der Waals surface area contributed by atoms with Gasteiger partial charge in [0.05, 0.1) is 317 Å². The molecule has 0 heterocycles. The van der Waals surface area contributed by atoms with E-state index in [1.165, 1.54) is 0 Å². The second-order valence-corrected chi connectivity index (χ2v) is 33.9. The summed E-state index contributed by atoms with van der Waals surface area (Å²) >= 11 is 0. The fourth-order valence-corrected chi connectivity index (χ4v) is 19.6. The predicted octanol–water partition coefficient (Wildman–Crippen LogP) is 3.54. The van der Waals surface area contributed by atoms with Gasteiger partial charge in [-0.05, 0) is 58.3 Å². The van der Waals surface area contributed by atoms with Crippen LogP contribution < -0.4 is 0 Å². The van der Waals surface area contributed by atoms with Crippen LogP contribution in [0.25, 0.3) is 0 Å². The summed E-state index contributed by atoms with van der Waals surface area (Å²) in [7, 11) is -5.57. The molecule has 0 aliphatic rings. The molecule has 0 amide bonds. The molecule has 0 aromatic rings. The molecular weight excluding hydrogens is 1210 g/mol. The van der Waals surface area contributed by atoms with Crippen molar-refractivity contribution in [2.45, 2.75) is 58.3 Å². The van der Waals surface area contributed by atoms with E-state index in [4.69, 9.17) is 127 Å². The van der Waals surface area contributed by atoms with E-state index in [0.717, 1.165) is 12.5 Å². The van der Waals surface area contributed by atoms with Crippen LogP contribution in [0.15, 0.2) is 0 Å². The Bertz CT molecular complexity index is 1310. The van der Waals surface area contributed by atoms with E-state index in [-0.39, 0.29) is 6.61 Å². The lowest BCUT2D eigenvalue weighted by atomic mass is 10.5. The van der Waals surface area contributed by atoms with Gasteiger partial charge in [-0.3, -0.25) is 0 Å². The topological polar surface area (TPSA) is 260 Å². The van der Waals surface area contributed by atoms with Gasteiger partial charge in [0.1, 0.15) is 0 Å². The molecule has 88 heavy (non-hydrogen) atoms. The van der Waals surface area contributed by atoms with Crippen molar-refractivity contribution in [3.05, 3.63) is 0 Å². The van der Waals surface area contributed by atoms with E-state index < -0.39 is 25.2 Å². The molecule has 0 saturated carbocycles. The van der Waals surface area contributed by atoms with Gasteiger partial charge in [0.25, 0.3) is 0 Å². The van der Waals surface area contributed by atoms with Crippen LogP contribution in [0, 0.1) is 0 Å². The largest absolute Gasteiger partial charge is 0.437 e. The minimum atomic E-state index is -2.21. The zero-order valence-electron chi connectivity index (χ0n) is 55.6. The first-order valence-electron chi connectivity index (χ1n) is 31.8. The Morgan fingerprint density at radius 2 is 0.284 bits per heavy atom. The first kappa shape index (κ1) is 87.6. The minimum absolute atomic E-state index is 0.0177. The minimum Gasteiger partial charge on any atom is -0.437 e.